The molecule has 0 saturated carbocycles. The van der Waals surface area contributed by atoms with E-state index in [1.54, 1.807) is 23.6 Å². The topological polar surface area (TPSA) is 93.6 Å². The molecule has 0 aliphatic rings. The molecule has 0 atom stereocenters. The predicted octanol–water partition coefficient (Wildman–Crippen LogP) is 4.50. The standard InChI is InChI=1S/C25H21N3O3S2/c1-18(19-13-15-21(16-14-19)20-8-3-2-4-9-20)26-27-25(29)22-10-5-6-11-23(22)28-33(30,31)24-12-7-17-32-24/h2-17,26,28H,1H2,(H,27,29)/p-1. The third-order valence-corrected chi connectivity index (χ3v) is 7.56. The van der Waals surface area contributed by atoms with E-state index < -0.39 is 15.9 Å². The first-order valence-corrected chi connectivity index (χ1v) is 12.3. The minimum Gasteiger partial charge on any atom is -0.857 e. The molecule has 3 aromatic carbocycles. The number of hydrazone groups is 1. The summed E-state index contributed by atoms with van der Waals surface area (Å²) in [6.07, 6.45) is 0. The Hall–Kier alpha value is -3.88. The molecular formula is C25H20N3O3S2-. The van der Waals surface area contributed by atoms with Gasteiger partial charge in [0, 0.05) is 11.5 Å². The van der Waals surface area contributed by atoms with Gasteiger partial charge in [0.2, 0.25) is 0 Å². The minimum absolute atomic E-state index is 0.123. The third kappa shape index (κ3) is 5.31. The molecule has 0 fully saturated rings. The fraction of sp³-hybridized carbons (Fsp3) is 0. The molecule has 0 spiro atoms. The van der Waals surface area contributed by atoms with E-state index in [0.29, 0.717) is 5.70 Å². The highest BCUT2D eigenvalue weighted by molar-refractivity contribution is 7.94. The van der Waals surface area contributed by atoms with E-state index in [-0.39, 0.29) is 15.5 Å². The van der Waals surface area contributed by atoms with E-state index in [1.807, 2.05) is 54.6 Å². The maximum Gasteiger partial charge on any atom is 0.271 e. The molecule has 0 aliphatic carbocycles. The van der Waals surface area contributed by atoms with Crippen LogP contribution >= 0.6 is 11.3 Å². The van der Waals surface area contributed by atoms with Crippen LogP contribution < -0.4 is 15.3 Å². The van der Waals surface area contributed by atoms with E-state index in [4.69, 9.17) is 0 Å². The lowest BCUT2D eigenvalue weighted by atomic mass is 10.0. The van der Waals surface area contributed by atoms with Crippen LogP contribution in [-0.2, 0) is 10.0 Å². The Morgan fingerprint density at radius 1 is 0.848 bits per heavy atom. The lowest BCUT2D eigenvalue weighted by molar-refractivity contribution is -0.213. The summed E-state index contributed by atoms with van der Waals surface area (Å²) in [5, 5.41) is 18.3. The molecular weight excluding hydrogens is 454 g/mol. The number of hydrogen-bond acceptors (Lipinski definition) is 6. The highest BCUT2D eigenvalue weighted by Gasteiger charge is 2.16. The molecule has 1 aromatic heterocycles. The van der Waals surface area contributed by atoms with Gasteiger partial charge in [-0.3, -0.25) is 10.1 Å². The number of hydrogen-bond donors (Lipinski definition) is 2. The van der Waals surface area contributed by atoms with Gasteiger partial charge in [-0.25, -0.2) is 8.42 Å². The van der Waals surface area contributed by atoms with Crippen molar-refractivity contribution < 1.29 is 13.5 Å². The molecule has 2 N–H and O–H groups in total. The van der Waals surface area contributed by atoms with Crippen LogP contribution in [0.15, 0.2) is 112 Å². The number of nitrogens with zero attached hydrogens (tertiary/aromatic N) is 1. The Kier molecular flexibility index (Phi) is 6.58. The second-order valence-corrected chi connectivity index (χ2v) is 9.89. The lowest BCUT2D eigenvalue weighted by Gasteiger charge is -2.17. The number of nitrogens with one attached hydrogen (secondary N) is 2. The first-order valence-electron chi connectivity index (χ1n) is 9.95. The molecule has 0 amide bonds. The monoisotopic (exact) mass is 474 g/mol. The van der Waals surface area contributed by atoms with Crippen LogP contribution in [0.3, 0.4) is 0 Å². The van der Waals surface area contributed by atoms with Crippen LogP contribution in [0.1, 0.15) is 11.1 Å². The van der Waals surface area contributed by atoms with Crippen molar-refractivity contribution in [2.24, 2.45) is 5.10 Å². The van der Waals surface area contributed by atoms with Gasteiger partial charge < -0.3 is 5.11 Å². The van der Waals surface area contributed by atoms with Crippen molar-refractivity contribution in [3.05, 3.63) is 114 Å². The van der Waals surface area contributed by atoms with Crippen LogP contribution in [0.25, 0.3) is 16.8 Å². The summed E-state index contributed by atoms with van der Waals surface area (Å²) in [7, 11) is -3.79. The van der Waals surface area contributed by atoms with Crippen molar-refractivity contribution in [1.82, 2.24) is 5.43 Å². The SMILES string of the molecule is C=C(NN=C([O-])c1ccccc1NS(=O)(=O)c1cccs1)c1ccc(-c2ccccc2)cc1. The van der Waals surface area contributed by atoms with Gasteiger partial charge in [-0.15, -0.1) is 11.3 Å². The van der Waals surface area contributed by atoms with Gasteiger partial charge in [0.15, 0.2) is 0 Å². The highest BCUT2D eigenvalue weighted by Crippen LogP contribution is 2.23. The molecule has 4 aromatic rings. The number of benzene rings is 3. The van der Waals surface area contributed by atoms with Gasteiger partial charge in [0.25, 0.3) is 10.0 Å². The van der Waals surface area contributed by atoms with Crippen LogP contribution in [0.2, 0.25) is 0 Å². The fourth-order valence-electron chi connectivity index (χ4n) is 3.11. The molecule has 0 radical (unpaired) electrons. The van der Waals surface area contributed by atoms with Crippen molar-refractivity contribution >= 4 is 38.6 Å². The van der Waals surface area contributed by atoms with Crippen LogP contribution in [-0.4, -0.2) is 14.3 Å². The fourth-order valence-corrected chi connectivity index (χ4v) is 5.18. The number of rotatable bonds is 8. The molecule has 1 heterocycles. The quantitative estimate of drug-likeness (QED) is 0.223. The molecule has 0 saturated heterocycles. The van der Waals surface area contributed by atoms with Crippen molar-refractivity contribution in [3.63, 3.8) is 0 Å². The van der Waals surface area contributed by atoms with Crippen molar-refractivity contribution in [2.45, 2.75) is 4.21 Å². The summed E-state index contributed by atoms with van der Waals surface area (Å²) in [5.41, 5.74) is 6.34. The summed E-state index contributed by atoms with van der Waals surface area (Å²) in [4.78, 5) is 0. The maximum atomic E-state index is 12.7. The van der Waals surface area contributed by atoms with E-state index >= 15 is 0 Å². The van der Waals surface area contributed by atoms with E-state index in [9.17, 15) is 13.5 Å². The smallest absolute Gasteiger partial charge is 0.271 e. The average molecular weight is 475 g/mol. The van der Waals surface area contributed by atoms with Gasteiger partial charge >= 0.3 is 0 Å². The number of anilines is 1. The molecule has 0 unspecified atom stereocenters. The zero-order valence-corrected chi connectivity index (χ0v) is 19.1. The Labute approximate surface area is 196 Å². The number of sulfonamides is 1. The van der Waals surface area contributed by atoms with E-state index in [0.717, 1.165) is 28.0 Å². The Balaban J connectivity index is 1.49. The van der Waals surface area contributed by atoms with E-state index in [1.165, 1.54) is 18.2 Å². The zero-order valence-electron chi connectivity index (χ0n) is 17.4. The lowest BCUT2D eigenvalue weighted by Crippen LogP contribution is -2.25. The Morgan fingerprint density at radius 2 is 1.52 bits per heavy atom. The Bertz CT molecular complexity index is 1380. The maximum absolute atomic E-state index is 12.7. The van der Waals surface area contributed by atoms with Crippen LogP contribution in [0.4, 0.5) is 5.69 Å². The molecule has 6 nitrogen and oxygen atoms in total. The molecule has 0 aliphatic heterocycles. The van der Waals surface area contributed by atoms with Gasteiger partial charge in [-0.2, -0.15) is 5.10 Å². The predicted molar refractivity (Wildman–Crippen MR) is 132 cm³/mol. The summed E-state index contributed by atoms with van der Waals surface area (Å²) in [5.74, 6) is -0.624. The molecule has 0 bridgehead atoms. The number of para-hydroxylation sites is 1. The van der Waals surface area contributed by atoms with Crippen LogP contribution in [0, 0.1) is 0 Å². The third-order valence-electron chi connectivity index (χ3n) is 4.79. The van der Waals surface area contributed by atoms with Crippen molar-refractivity contribution in [2.75, 3.05) is 4.72 Å². The van der Waals surface area contributed by atoms with Crippen molar-refractivity contribution in [1.29, 1.82) is 0 Å². The summed E-state index contributed by atoms with van der Waals surface area (Å²) < 4.78 is 27.7. The van der Waals surface area contributed by atoms with Crippen LogP contribution in [0.5, 0.6) is 0 Å². The zero-order chi connectivity index (χ0) is 23.3. The molecule has 166 valence electrons. The molecule has 4 rings (SSSR count). The first-order chi connectivity index (χ1) is 15.9. The van der Waals surface area contributed by atoms with Gasteiger partial charge in [-0.1, -0.05) is 85.4 Å². The minimum atomic E-state index is -3.79. The second-order valence-electron chi connectivity index (χ2n) is 7.03. The van der Waals surface area contributed by atoms with E-state index in [2.05, 4.69) is 21.8 Å². The summed E-state index contributed by atoms with van der Waals surface area (Å²) in [6, 6.07) is 27.1. The molecule has 33 heavy (non-hydrogen) atoms. The van der Waals surface area contributed by atoms with Gasteiger partial charge in [0.05, 0.1) is 11.4 Å². The normalized spacial score (nSPS) is 11.7. The van der Waals surface area contributed by atoms with Gasteiger partial charge in [-0.05, 0) is 34.2 Å². The largest absolute Gasteiger partial charge is 0.857 e. The highest BCUT2D eigenvalue weighted by atomic mass is 32.2. The van der Waals surface area contributed by atoms with Crippen molar-refractivity contribution in [3.8, 4) is 11.1 Å². The Morgan fingerprint density at radius 3 is 2.21 bits per heavy atom. The van der Waals surface area contributed by atoms with Gasteiger partial charge in [0.1, 0.15) is 4.21 Å². The molecule has 8 heteroatoms. The summed E-state index contributed by atoms with van der Waals surface area (Å²) >= 11 is 1.09. The first kappa shape index (κ1) is 22.3. The number of thiophene rings is 1. The second kappa shape index (κ2) is 9.72. The average Bonchev–Trinajstić information content (AvgIpc) is 3.39. The summed E-state index contributed by atoms with van der Waals surface area (Å²) in [6.45, 7) is 3.94.